The van der Waals surface area contributed by atoms with Crippen molar-refractivity contribution in [2.75, 3.05) is 5.32 Å². The largest absolute Gasteiger partial charge is 0.321 e. The Balaban J connectivity index is 2.17. The van der Waals surface area contributed by atoms with Gasteiger partial charge in [0.05, 0.1) is 0 Å². The van der Waals surface area contributed by atoms with E-state index in [1.54, 1.807) is 18.2 Å². The molecular weight excluding hydrogens is 272 g/mol. The normalized spacial score (nSPS) is 12.2. The number of hydrogen-bond acceptors (Lipinski definition) is 4. The summed E-state index contributed by atoms with van der Waals surface area (Å²) < 4.78 is 29.3. The number of amides is 1. The second kappa shape index (κ2) is 5.83. The van der Waals surface area contributed by atoms with Crippen LogP contribution in [0.15, 0.2) is 24.3 Å². The fraction of sp³-hybridized carbons (Fsp3) is 0.250. The van der Waals surface area contributed by atoms with Gasteiger partial charge in [0.2, 0.25) is 0 Å². The maximum atomic E-state index is 13.2. The van der Waals surface area contributed by atoms with Crippen LogP contribution in [0.1, 0.15) is 34.0 Å². The Labute approximate surface area is 112 Å². The number of carbonyl (C=O) groups excluding carboxylic acids is 1. The van der Waals surface area contributed by atoms with Gasteiger partial charge in [-0.25, -0.2) is 8.78 Å². The molecule has 0 saturated carbocycles. The average Bonchev–Trinajstić information content (AvgIpc) is 2.87. The first kappa shape index (κ1) is 13.5. The first-order valence-corrected chi connectivity index (χ1v) is 6.31. The van der Waals surface area contributed by atoms with Crippen LogP contribution in [0.2, 0.25) is 0 Å². The Bertz CT molecular complexity index is 586. The van der Waals surface area contributed by atoms with Gasteiger partial charge in [-0.2, -0.15) is 0 Å². The molecule has 4 nitrogen and oxygen atoms in total. The molecule has 0 bridgehead atoms. The quantitative estimate of drug-likeness (QED) is 0.936. The molecule has 0 spiro atoms. The van der Waals surface area contributed by atoms with Crippen molar-refractivity contribution in [1.82, 2.24) is 9.59 Å². The lowest BCUT2D eigenvalue weighted by Crippen LogP contribution is -2.12. The monoisotopic (exact) mass is 283 g/mol. The first-order chi connectivity index (χ1) is 9.11. The number of aromatic nitrogens is 2. The van der Waals surface area contributed by atoms with E-state index in [0.29, 0.717) is 11.3 Å². The van der Waals surface area contributed by atoms with Gasteiger partial charge in [0.25, 0.3) is 5.91 Å². The Morgan fingerprint density at radius 1 is 1.53 bits per heavy atom. The van der Waals surface area contributed by atoms with Gasteiger partial charge < -0.3 is 5.32 Å². The van der Waals surface area contributed by atoms with Crippen LogP contribution >= 0.6 is 11.5 Å². The van der Waals surface area contributed by atoms with Gasteiger partial charge in [-0.15, -0.1) is 5.10 Å². The van der Waals surface area contributed by atoms with E-state index in [-0.39, 0.29) is 10.6 Å². The van der Waals surface area contributed by atoms with Gasteiger partial charge in [-0.05, 0) is 36.2 Å². The Morgan fingerprint density at radius 3 is 3.00 bits per heavy atom. The molecule has 0 fully saturated rings. The second-order valence-corrected chi connectivity index (χ2v) is 4.63. The van der Waals surface area contributed by atoms with Crippen LogP contribution in [-0.4, -0.2) is 15.5 Å². The van der Waals surface area contributed by atoms with E-state index in [0.717, 1.165) is 11.5 Å². The van der Waals surface area contributed by atoms with Crippen molar-refractivity contribution in [2.24, 2.45) is 0 Å². The number of carbonyl (C=O) groups is 1. The fourth-order valence-electron chi connectivity index (χ4n) is 1.52. The van der Waals surface area contributed by atoms with Crippen molar-refractivity contribution in [1.29, 1.82) is 0 Å². The molecule has 0 radical (unpaired) electrons. The molecule has 1 heterocycles. The summed E-state index contributed by atoms with van der Waals surface area (Å²) in [4.78, 5) is 12.0. The van der Waals surface area contributed by atoms with Crippen molar-refractivity contribution >= 4 is 23.1 Å². The van der Waals surface area contributed by atoms with Crippen molar-refractivity contribution < 1.29 is 13.6 Å². The van der Waals surface area contributed by atoms with Crippen molar-refractivity contribution in [3.05, 3.63) is 40.4 Å². The minimum atomic E-state index is -1.12. The Kier molecular flexibility index (Phi) is 4.16. The predicted molar refractivity (Wildman–Crippen MR) is 68.6 cm³/mol. The van der Waals surface area contributed by atoms with E-state index in [1.807, 2.05) is 0 Å². The highest BCUT2D eigenvalue weighted by molar-refractivity contribution is 7.08. The third kappa shape index (κ3) is 3.11. The minimum absolute atomic E-state index is 0.0116. The molecule has 1 unspecified atom stereocenters. The van der Waals surface area contributed by atoms with Crippen LogP contribution in [0.4, 0.5) is 14.5 Å². The van der Waals surface area contributed by atoms with Crippen LogP contribution in [0.25, 0.3) is 0 Å². The number of anilines is 1. The molecule has 19 heavy (non-hydrogen) atoms. The molecule has 0 aliphatic rings. The van der Waals surface area contributed by atoms with Gasteiger partial charge in [-0.3, -0.25) is 4.79 Å². The lowest BCUT2D eigenvalue weighted by Gasteiger charge is -2.07. The van der Waals surface area contributed by atoms with Gasteiger partial charge in [0.15, 0.2) is 0 Å². The third-order valence-electron chi connectivity index (χ3n) is 2.49. The molecule has 0 aliphatic carbocycles. The van der Waals surface area contributed by atoms with Gasteiger partial charge in [0.1, 0.15) is 23.4 Å². The predicted octanol–water partition coefficient (Wildman–Crippen LogP) is 3.29. The number of nitrogens with zero attached hydrogens (tertiary/aromatic N) is 2. The summed E-state index contributed by atoms with van der Waals surface area (Å²) in [7, 11) is 0. The summed E-state index contributed by atoms with van der Waals surface area (Å²) in [6.45, 7) is 0.566. The molecule has 7 heteroatoms. The number of benzene rings is 1. The molecule has 2 rings (SSSR count). The molecule has 1 aromatic carbocycles. The van der Waals surface area contributed by atoms with E-state index in [1.165, 1.54) is 13.0 Å². The zero-order valence-corrected chi connectivity index (χ0v) is 10.9. The second-order valence-electron chi connectivity index (χ2n) is 3.88. The van der Waals surface area contributed by atoms with E-state index in [2.05, 4.69) is 14.9 Å². The zero-order valence-electron chi connectivity index (χ0n) is 10.1. The summed E-state index contributed by atoms with van der Waals surface area (Å²) in [5, 5.41) is 6.09. The number of nitrogens with one attached hydrogen (secondary N) is 1. The Hall–Kier alpha value is -1.89. The smallest absolute Gasteiger partial charge is 0.269 e. The van der Waals surface area contributed by atoms with Crippen molar-refractivity contribution in [2.45, 2.75) is 19.8 Å². The number of halogens is 2. The molecule has 0 saturated heterocycles. The van der Waals surface area contributed by atoms with Crippen LogP contribution < -0.4 is 5.32 Å². The fourth-order valence-corrected chi connectivity index (χ4v) is 2.08. The van der Waals surface area contributed by atoms with Gasteiger partial charge >= 0.3 is 0 Å². The van der Waals surface area contributed by atoms with Crippen LogP contribution in [-0.2, 0) is 6.67 Å². The number of rotatable bonds is 4. The van der Waals surface area contributed by atoms with E-state index in [9.17, 15) is 13.6 Å². The minimum Gasteiger partial charge on any atom is -0.321 e. The van der Waals surface area contributed by atoms with Gasteiger partial charge in [-0.1, -0.05) is 16.6 Å². The van der Waals surface area contributed by atoms with Crippen LogP contribution in [0.3, 0.4) is 0 Å². The maximum Gasteiger partial charge on any atom is 0.269 e. The highest BCUT2D eigenvalue weighted by atomic mass is 32.1. The third-order valence-corrected chi connectivity index (χ3v) is 3.26. The standard InChI is InChI=1S/C12H11F2N3OS/c1-7(14)8-3-2-4-9(5-8)15-12(18)11-10(6-13)16-17-19-11/h2-5,7H,6H2,1H3,(H,15,18). The first-order valence-electron chi connectivity index (χ1n) is 5.54. The summed E-state index contributed by atoms with van der Waals surface area (Å²) in [5.74, 6) is -0.494. The summed E-state index contributed by atoms with van der Waals surface area (Å²) >= 11 is 0.825. The van der Waals surface area contributed by atoms with Gasteiger partial charge in [0, 0.05) is 5.69 Å². The summed E-state index contributed by atoms with van der Waals surface area (Å²) in [6.07, 6.45) is -1.12. The average molecular weight is 283 g/mol. The van der Waals surface area contributed by atoms with Crippen LogP contribution in [0, 0.1) is 0 Å². The van der Waals surface area contributed by atoms with Crippen molar-refractivity contribution in [3.8, 4) is 0 Å². The highest BCUT2D eigenvalue weighted by Crippen LogP contribution is 2.21. The molecule has 1 atom stereocenters. The molecule has 0 aliphatic heterocycles. The maximum absolute atomic E-state index is 13.2. The van der Waals surface area contributed by atoms with Crippen LogP contribution in [0.5, 0.6) is 0 Å². The molecule has 2 aromatic rings. The zero-order chi connectivity index (χ0) is 13.8. The van der Waals surface area contributed by atoms with Crippen molar-refractivity contribution in [3.63, 3.8) is 0 Å². The van der Waals surface area contributed by atoms with E-state index in [4.69, 9.17) is 0 Å². The summed E-state index contributed by atoms with van der Waals surface area (Å²) in [5.41, 5.74) is 0.925. The summed E-state index contributed by atoms with van der Waals surface area (Å²) in [6, 6.07) is 6.43. The Morgan fingerprint density at radius 2 is 2.32 bits per heavy atom. The lowest BCUT2D eigenvalue weighted by atomic mass is 10.1. The molecule has 1 N–H and O–H groups in total. The molecule has 100 valence electrons. The van der Waals surface area contributed by atoms with E-state index < -0.39 is 18.8 Å². The molecule has 1 amide bonds. The highest BCUT2D eigenvalue weighted by Gasteiger charge is 2.16. The van der Waals surface area contributed by atoms with E-state index >= 15 is 0 Å². The molecular formula is C12H11F2N3OS. The SMILES string of the molecule is CC(F)c1cccc(NC(=O)c2snnc2CF)c1. The molecule has 1 aromatic heterocycles. The lowest BCUT2D eigenvalue weighted by molar-refractivity contribution is 0.102. The number of alkyl halides is 2. The number of hydrogen-bond donors (Lipinski definition) is 1. The topological polar surface area (TPSA) is 54.9 Å².